The van der Waals surface area contributed by atoms with Crippen LogP contribution in [-0.4, -0.2) is 35.5 Å². The molecule has 0 aromatic heterocycles. The summed E-state index contributed by atoms with van der Waals surface area (Å²) in [4.78, 5) is 26.2. The molecule has 1 aromatic rings. The largest absolute Gasteiger partial charge is 0.444 e. The Morgan fingerprint density at radius 2 is 1.86 bits per heavy atom. The van der Waals surface area contributed by atoms with E-state index in [0.717, 1.165) is 12.8 Å². The Morgan fingerprint density at radius 3 is 2.48 bits per heavy atom. The summed E-state index contributed by atoms with van der Waals surface area (Å²) < 4.78 is 5.39. The minimum absolute atomic E-state index is 0.115. The van der Waals surface area contributed by atoms with Crippen molar-refractivity contribution >= 4 is 11.9 Å². The minimum Gasteiger partial charge on any atom is -0.444 e. The normalized spacial score (nSPS) is 19.2. The number of benzene rings is 1. The molecule has 1 aliphatic rings. The van der Waals surface area contributed by atoms with Gasteiger partial charge in [0, 0.05) is 24.6 Å². The number of ether oxygens (including phenoxy) is 1. The van der Waals surface area contributed by atoms with E-state index in [1.807, 2.05) is 51.1 Å². The molecule has 4 nitrogen and oxygen atoms in total. The molecule has 0 unspecified atom stereocenters. The zero-order valence-electron chi connectivity index (χ0n) is 13.0. The summed E-state index contributed by atoms with van der Waals surface area (Å²) >= 11 is 0. The fourth-order valence-corrected chi connectivity index (χ4v) is 2.52. The Balaban J connectivity index is 2.01. The molecule has 0 saturated carbocycles. The van der Waals surface area contributed by atoms with Crippen molar-refractivity contribution in [2.45, 2.75) is 39.2 Å². The van der Waals surface area contributed by atoms with Crippen LogP contribution in [0.2, 0.25) is 0 Å². The molecule has 1 atom stereocenters. The average molecular weight is 289 g/mol. The maximum atomic E-state index is 12.5. The quantitative estimate of drug-likeness (QED) is 0.783. The predicted molar refractivity (Wildman–Crippen MR) is 81.3 cm³/mol. The summed E-state index contributed by atoms with van der Waals surface area (Å²) in [7, 11) is 0. The van der Waals surface area contributed by atoms with Crippen molar-refractivity contribution in [3.05, 3.63) is 35.9 Å². The molecule has 0 aliphatic carbocycles. The second-order valence-corrected chi connectivity index (χ2v) is 6.50. The standard InChI is InChI=1S/C17H23NO3/c1-17(2,3)21-16(20)18-11-7-10-14(12-18)15(19)13-8-5-4-6-9-13/h4-6,8-9,14H,7,10-12H2,1-3H3/t14-/m0/s1. The van der Waals surface area contributed by atoms with Crippen LogP contribution >= 0.6 is 0 Å². The highest BCUT2D eigenvalue weighted by atomic mass is 16.6. The molecular formula is C17H23NO3. The lowest BCUT2D eigenvalue weighted by atomic mass is 9.90. The van der Waals surface area contributed by atoms with Gasteiger partial charge in [0.1, 0.15) is 5.60 Å². The number of carbonyl (C=O) groups excluding carboxylic acids is 2. The third-order valence-electron chi connectivity index (χ3n) is 3.50. The van der Waals surface area contributed by atoms with Crippen LogP contribution in [0.5, 0.6) is 0 Å². The van der Waals surface area contributed by atoms with Crippen molar-refractivity contribution in [2.75, 3.05) is 13.1 Å². The molecule has 0 bridgehead atoms. The van der Waals surface area contributed by atoms with Crippen LogP contribution in [0, 0.1) is 5.92 Å². The highest BCUT2D eigenvalue weighted by Gasteiger charge is 2.31. The number of hydrogen-bond donors (Lipinski definition) is 0. The summed E-state index contributed by atoms with van der Waals surface area (Å²) in [6, 6.07) is 9.28. The fourth-order valence-electron chi connectivity index (χ4n) is 2.52. The zero-order valence-corrected chi connectivity index (χ0v) is 13.0. The van der Waals surface area contributed by atoms with Crippen molar-refractivity contribution in [2.24, 2.45) is 5.92 Å². The van der Waals surface area contributed by atoms with E-state index in [0.29, 0.717) is 18.7 Å². The van der Waals surface area contributed by atoms with Gasteiger partial charge in [0.05, 0.1) is 0 Å². The first-order chi connectivity index (χ1) is 9.87. The van der Waals surface area contributed by atoms with Crippen LogP contribution in [-0.2, 0) is 4.74 Å². The van der Waals surface area contributed by atoms with Gasteiger partial charge in [-0.1, -0.05) is 30.3 Å². The maximum absolute atomic E-state index is 12.5. The minimum atomic E-state index is -0.506. The Morgan fingerprint density at radius 1 is 1.19 bits per heavy atom. The van der Waals surface area contributed by atoms with Crippen LogP contribution < -0.4 is 0 Å². The first-order valence-corrected chi connectivity index (χ1v) is 7.44. The van der Waals surface area contributed by atoms with Crippen LogP contribution in [0.1, 0.15) is 44.0 Å². The molecule has 21 heavy (non-hydrogen) atoms. The highest BCUT2D eigenvalue weighted by molar-refractivity contribution is 5.98. The molecule has 4 heteroatoms. The molecule has 0 N–H and O–H groups in total. The first-order valence-electron chi connectivity index (χ1n) is 7.44. The molecule has 1 aliphatic heterocycles. The second-order valence-electron chi connectivity index (χ2n) is 6.50. The van der Waals surface area contributed by atoms with Crippen molar-refractivity contribution in [3.8, 4) is 0 Å². The molecule has 0 spiro atoms. The Labute approximate surface area is 126 Å². The molecule has 1 saturated heterocycles. The highest BCUT2D eigenvalue weighted by Crippen LogP contribution is 2.22. The Bertz CT molecular complexity index is 505. The number of likely N-dealkylation sites (tertiary alicyclic amines) is 1. The summed E-state index contributed by atoms with van der Waals surface area (Å²) in [6.45, 7) is 6.65. The number of Topliss-reactive ketones (excluding diaryl/α,β-unsaturated/α-hetero) is 1. The molecule has 1 heterocycles. The predicted octanol–water partition coefficient (Wildman–Crippen LogP) is 3.52. The molecule has 1 fully saturated rings. The Kier molecular flexibility index (Phi) is 4.66. The summed E-state index contributed by atoms with van der Waals surface area (Å²) in [6.07, 6.45) is 1.34. The smallest absolute Gasteiger partial charge is 0.410 e. The zero-order chi connectivity index (χ0) is 15.5. The number of rotatable bonds is 2. The topological polar surface area (TPSA) is 46.6 Å². The Hall–Kier alpha value is -1.84. The summed E-state index contributed by atoms with van der Waals surface area (Å²) in [5.74, 6) is -0.0162. The second kappa shape index (κ2) is 6.29. The van der Waals surface area contributed by atoms with Gasteiger partial charge in [-0.05, 0) is 33.6 Å². The lowest BCUT2D eigenvalue weighted by molar-refractivity contribution is 0.0172. The molecule has 1 amide bonds. The van der Waals surface area contributed by atoms with Crippen LogP contribution in [0.15, 0.2) is 30.3 Å². The van der Waals surface area contributed by atoms with Gasteiger partial charge in [-0.25, -0.2) is 4.79 Å². The van der Waals surface area contributed by atoms with E-state index in [1.165, 1.54) is 0 Å². The maximum Gasteiger partial charge on any atom is 0.410 e. The summed E-state index contributed by atoms with van der Waals surface area (Å²) in [5.41, 5.74) is 0.210. The molecule has 0 radical (unpaired) electrons. The van der Waals surface area contributed by atoms with E-state index in [2.05, 4.69) is 0 Å². The van der Waals surface area contributed by atoms with E-state index >= 15 is 0 Å². The monoisotopic (exact) mass is 289 g/mol. The number of ketones is 1. The molecule has 114 valence electrons. The number of nitrogens with zero attached hydrogens (tertiary/aromatic N) is 1. The van der Waals surface area contributed by atoms with E-state index < -0.39 is 5.60 Å². The van der Waals surface area contributed by atoms with E-state index in [4.69, 9.17) is 4.74 Å². The van der Waals surface area contributed by atoms with Crippen LogP contribution in [0.3, 0.4) is 0 Å². The third kappa shape index (κ3) is 4.31. The van der Waals surface area contributed by atoms with Crippen LogP contribution in [0.25, 0.3) is 0 Å². The van der Waals surface area contributed by atoms with Gasteiger partial charge in [-0.2, -0.15) is 0 Å². The third-order valence-corrected chi connectivity index (χ3v) is 3.50. The van der Waals surface area contributed by atoms with Gasteiger partial charge in [-0.3, -0.25) is 4.79 Å². The lowest BCUT2D eigenvalue weighted by Gasteiger charge is -2.33. The van der Waals surface area contributed by atoms with Gasteiger partial charge in [0.2, 0.25) is 0 Å². The fraction of sp³-hybridized carbons (Fsp3) is 0.529. The molecule has 2 rings (SSSR count). The van der Waals surface area contributed by atoms with E-state index in [1.54, 1.807) is 4.90 Å². The average Bonchev–Trinajstić information content (AvgIpc) is 2.46. The SMILES string of the molecule is CC(C)(C)OC(=O)N1CCC[C@H](C(=O)c2ccccc2)C1. The number of hydrogen-bond acceptors (Lipinski definition) is 3. The van der Waals surface area contributed by atoms with Gasteiger partial charge >= 0.3 is 6.09 Å². The molecule has 1 aromatic carbocycles. The van der Waals surface area contributed by atoms with Crippen molar-refractivity contribution in [1.29, 1.82) is 0 Å². The summed E-state index contributed by atoms with van der Waals surface area (Å²) in [5, 5.41) is 0. The van der Waals surface area contributed by atoms with Crippen LogP contribution in [0.4, 0.5) is 4.79 Å². The van der Waals surface area contributed by atoms with Gasteiger partial charge in [-0.15, -0.1) is 0 Å². The lowest BCUT2D eigenvalue weighted by Crippen LogP contribution is -2.44. The number of piperidine rings is 1. The van der Waals surface area contributed by atoms with Crippen molar-refractivity contribution in [3.63, 3.8) is 0 Å². The van der Waals surface area contributed by atoms with Gasteiger partial charge in [0.25, 0.3) is 0 Å². The van der Waals surface area contributed by atoms with Gasteiger partial charge < -0.3 is 9.64 Å². The first kappa shape index (κ1) is 15.5. The van der Waals surface area contributed by atoms with E-state index in [9.17, 15) is 9.59 Å². The van der Waals surface area contributed by atoms with Crippen molar-refractivity contribution in [1.82, 2.24) is 4.90 Å². The van der Waals surface area contributed by atoms with Gasteiger partial charge in [0.15, 0.2) is 5.78 Å². The van der Waals surface area contributed by atoms with Crippen molar-refractivity contribution < 1.29 is 14.3 Å². The number of amides is 1. The molecular weight excluding hydrogens is 266 g/mol. The number of carbonyl (C=O) groups is 2. The van der Waals surface area contributed by atoms with E-state index in [-0.39, 0.29) is 17.8 Å².